The van der Waals surface area contributed by atoms with E-state index in [2.05, 4.69) is 20.9 Å². The molecule has 0 aliphatic heterocycles. The zero-order chi connectivity index (χ0) is 9.97. The molecule has 0 aliphatic rings. The van der Waals surface area contributed by atoms with Crippen LogP contribution in [0.3, 0.4) is 0 Å². The molecule has 0 amide bonds. The highest BCUT2D eigenvalue weighted by molar-refractivity contribution is 9.10. The van der Waals surface area contributed by atoms with Crippen molar-refractivity contribution in [1.29, 1.82) is 0 Å². The van der Waals surface area contributed by atoms with Gasteiger partial charge in [-0.1, -0.05) is 0 Å². The van der Waals surface area contributed by atoms with Gasteiger partial charge in [0.05, 0.1) is 4.88 Å². The van der Waals surface area contributed by atoms with Crippen LogP contribution in [-0.4, -0.2) is 10.1 Å². The molecule has 14 heavy (non-hydrogen) atoms. The average Bonchev–Trinajstić information content (AvgIpc) is 2.65. The Balaban J connectivity index is 2.34. The normalized spacial score (nSPS) is 12.7. The number of nitrogens with zero attached hydrogens (tertiary/aromatic N) is 1. The maximum absolute atomic E-state index is 10.0. The Hall–Kier alpha value is -0.710. The summed E-state index contributed by atoms with van der Waals surface area (Å²) < 4.78 is 0.951. The predicted octanol–water partition coefficient (Wildman–Crippen LogP) is 2.99. The Kier molecular flexibility index (Phi) is 2.96. The maximum atomic E-state index is 10.0. The zero-order valence-corrected chi connectivity index (χ0v) is 9.62. The van der Waals surface area contributed by atoms with Crippen LogP contribution in [0.5, 0.6) is 0 Å². The summed E-state index contributed by atoms with van der Waals surface area (Å²) in [6.45, 7) is 0. The van der Waals surface area contributed by atoms with Crippen LogP contribution in [0.2, 0.25) is 0 Å². The largest absolute Gasteiger partial charge is 0.383 e. The van der Waals surface area contributed by atoms with Gasteiger partial charge in [-0.15, -0.1) is 11.3 Å². The molecular weight excluding hydrogens is 262 g/mol. The topological polar surface area (TPSA) is 33.1 Å². The van der Waals surface area contributed by atoms with Crippen molar-refractivity contribution in [3.8, 4) is 0 Å². The number of rotatable bonds is 2. The van der Waals surface area contributed by atoms with Gasteiger partial charge >= 0.3 is 0 Å². The van der Waals surface area contributed by atoms with Crippen molar-refractivity contribution in [1.82, 2.24) is 4.98 Å². The highest BCUT2D eigenvalue weighted by atomic mass is 79.9. The second-order valence-corrected chi connectivity index (χ2v) is 4.62. The second-order valence-electron chi connectivity index (χ2n) is 2.82. The predicted molar refractivity (Wildman–Crippen MR) is 60.3 cm³/mol. The van der Waals surface area contributed by atoms with Crippen LogP contribution in [-0.2, 0) is 0 Å². The van der Waals surface area contributed by atoms with E-state index in [-0.39, 0.29) is 0 Å². The summed E-state index contributed by atoms with van der Waals surface area (Å²) in [5.41, 5.74) is 0.864. The lowest BCUT2D eigenvalue weighted by atomic mass is 10.1. The molecule has 0 aliphatic carbocycles. The van der Waals surface area contributed by atoms with E-state index in [9.17, 15) is 5.11 Å². The summed E-state index contributed by atoms with van der Waals surface area (Å²) in [5, 5.41) is 12.0. The van der Waals surface area contributed by atoms with E-state index >= 15 is 0 Å². The molecule has 1 unspecified atom stereocenters. The first-order chi connectivity index (χ1) is 6.79. The fraction of sp³-hybridized carbons (Fsp3) is 0.100. The van der Waals surface area contributed by atoms with Crippen molar-refractivity contribution in [3.63, 3.8) is 0 Å². The third-order valence-corrected chi connectivity index (χ3v) is 3.84. The van der Waals surface area contributed by atoms with Crippen LogP contribution in [0, 0.1) is 0 Å². The third kappa shape index (κ3) is 1.87. The first-order valence-electron chi connectivity index (χ1n) is 4.10. The molecule has 0 radical (unpaired) electrons. The van der Waals surface area contributed by atoms with Crippen molar-refractivity contribution in [2.24, 2.45) is 0 Å². The molecule has 72 valence electrons. The number of hydrogen-bond donors (Lipinski definition) is 1. The van der Waals surface area contributed by atoms with Crippen LogP contribution >= 0.6 is 27.3 Å². The number of aliphatic hydroxyl groups excluding tert-OH is 1. The van der Waals surface area contributed by atoms with Gasteiger partial charge in [-0.25, -0.2) is 0 Å². The van der Waals surface area contributed by atoms with E-state index in [1.807, 2.05) is 23.6 Å². The van der Waals surface area contributed by atoms with E-state index in [1.165, 1.54) is 11.3 Å². The summed E-state index contributed by atoms with van der Waals surface area (Å²) in [6.07, 6.45) is 2.80. The molecule has 1 N–H and O–H groups in total. The molecule has 1 atom stereocenters. The smallest absolute Gasteiger partial charge is 0.114 e. The molecule has 0 saturated heterocycles. The molecule has 2 heterocycles. The van der Waals surface area contributed by atoms with Gasteiger partial charge < -0.3 is 5.11 Å². The van der Waals surface area contributed by atoms with Crippen molar-refractivity contribution < 1.29 is 5.11 Å². The molecule has 4 heteroatoms. The minimum Gasteiger partial charge on any atom is -0.383 e. The lowest BCUT2D eigenvalue weighted by Gasteiger charge is -2.08. The van der Waals surface area contributed by atoms with Gasteiger partial charge in [0.15, 0.2) is 0 Å². The minimum absolute atomic E-state index is 0.563. The number of thiophene rings is 1. The third-order valence-electron chi connectivity index (χ3n) is 1.91. The van der Waals surface area contributed by atoms with Crippen molar-refractivity contribution in [3.05, 3.63) is 50.9 Å². The summed E-state index contributed by atoms with van der Waals surface area (Å²) >= 11 is 4.93. The second kappa shape index (κ2) is 4.21. The van der Waals surface area contributed by atoms with E-state index < -0.39 is 6.10 Å². The van der Waals surface area contributed by atoms with Gasteiger partial charge in [-0.05, 0) is 45.1 Å². The number of aliphatic hydroxyl groups is 1. The molecule has 0 saturated carbocycles. The summed E-state index contributed by atoms with van der Waals surface area (Å²) in [6, 6.07) is 5.57. The SMILES string of the molecule is OC(c1ccncc1)c1sccc1Br. The average molecular weight is 270 g/mol. The Bertz CT molecular complexity index is 415. The van der Waals surface area contributed by atoms with E-state index in [0.29, 0.717) is 0 Å². The van der Waals surface area contributed by atoms with Gasteiger partial charge in [-0.3, -0.25) is 4.98 Å². The summed E-state index contributed by atoms with van der Waals surface area (Å²) in [4.78, 5) is 4.84. The molecular formula is C10H8BrNOS. The number of hydrogen-bond acceptors (Lipinski definition) is 3. The van der Waals surface area contributed by atoms with Gasteiger partial charge in [0.1, 0.15) is 6.10 Å². The number of aromatic nitrogens is 1. The van der Waals surface area contributed by atoms with Crippen LogP contribution in [0.4, 0.5) is 0 Å². The number of halogens is 1. The first kappa shape index (κ1) is 9.83. The Morgan fingerprint density at radius 3 is 2.57 bits per heavy atom. The highest BCUT2D eigenvalue weighted by Crippen LogP contribution is 2.32. The zero-order valence-electron chi connectivity index (χ0n) is 7.22. The van der Waals surface area contributed by atoms with Gasteiger partial charge in [0.2, 0.25) is 0 Å². The molecule has 2 rings (SSSR count). The minimum atomic E-state index is -0.563. The monoisotopic (exact) mass is 269 g/mol. The van der Waals surface area contributed by atoms with Crippen LogP contribution in [0.25, 0.3) is 0 Å². The van der Waals surface area contributed by atoms with E-state index in [0.717, 1.165) is 14.9 Å². The Morgan fingerprint density at radius 1 is 1.29 bits per heavy atom. The van der Waals surface area contributed by atoms with Crippen LogP contribution in [0.1, 0.15) is 16.5 Å². The van der Waals surface area contributed by atoms with E-state index in [4.69, 9.17) is 0 Å². The maximum Gasteiger partial charge on any atom is 0.114 e. The van der Waals surface area contributed by atoms with Gasteiger partial charge in [0.25, 0.3) is 0 Å². The summed E-state index contributed by atoms with van der Waals surface area (Å²) in [7, 11) is 0. The van der Waals surface area contributed by atoms with Crippen molar-refractivity contribution in [2.45, 2.75) is 6.10 Å². The van der Waals surface area contributed by atoms with Crippen molar-refractivity contribution >= 4 is 27.3 Å². The van der Waals surface area contributed by atoms with Crippen molar-refractivity contribution in [2.75, 3.05) is 0 Å². The van der Waals surface area contributed by atoms with Gasteiger partial charge in [-0.2, -0.15) is 0 Å². The fourth-order valence-corrected chi connectivity index (χ4v) is 2.80. The molecule has 0 spiro atoms. The molecule has 2 aromatic heterocycles. The van der Waals surface area contributed by atoms with Crippen LogP contribution in [0.15, 0.2) is 40.4 Å². The molecule has 2 nitrogen and oxygen atoms in total. The summed E-state index contributed by atoms with van der Waals surface area (Å²) in [5.74, 6) is 0. The van der Waals surface area contributed by atoms with Crippen LogP contribution < -0.4 is 0 Å². The molecule has 0 aromatic carbocycles. The Labute approximate surface area is 94.4 Å². The molecule has 0 fully saturated rings. The fourth-order valence-electron chi connectivity index (χ4n) is 1.20. The lowest BCUT2D eigenvalue weighted by molar-refractivity contribution is 0.223. The standard InChI is InChI=1S/C10H8BrNOS/c11-8-3-6-14-10(8)9(13)7-1-4-12-5-2-7/h1-6,9,13H. The van der Waals surface area contributed by atoms with E-state index in [1.54, 1.807) is 12.4 Å². The molecule has 0 bridgehead atoms. The highest BCUT2D eigenvalue weighted by Gasteiger charge is 2.14. The van der Waals surface area contributed by atoms with Gasteiger partial charge in [0, 0.05) is 16.9 Å². The lowest BCUT2D eigenvalue weighted by Crippen LogP contribution is -1.97. The quantitative estimate of drug-likeness (QED) is 0.910. The first-order valence-corrected chi connectivity index (χ1v) is 5.77. The number of pyridine rings is 1. The Morgan fingerprint density at radius 2 is 2.00 bits per heavy atom. The molecule has 2 aromatic rings.